The molecule has 5 rings (SSSR count). The summed E-state index contributed by atoms with van der Waals surface area (Å²) in [5.74, 6) is -0.345. The molecule has 1 aliphatic rings. The van der Waals surface area contributed by atoms with Gasteiger partial charge in [0.25, 0.3) is 5.91 Å². The molecular formula is C35H36FN5O3. The normalized spacial score (nSPS) is 14.5. The Morgan fingerprint density at radius 3 is 2.70 bits per heavy atom. The molecule has 3 heterocycles. The number of aromatic nitrogens is 2. The lowest BCUT2D eigenvalue weighted by atomic mass is 9.97. The summed E-state index contributed by atoms with van der Waals surface area (Å²) in [6.07, 6.45) is 4.44. The minimum atomic E-state index is -0.538. The zero-order chi connectivity index (χ0) is 31.2. The number of likely N-dealkylation sites (tertiary alicyclic amines) is 1. The van der Waals surface area contributed by atoms with Crippen LogP contribution in [0.1, 0.15) is 60.2 Å². The summed E-state index contributed by atoms with van der Waals surface area (Å²) < 4.78 is 19.9. The number of nitrogens with zero attached hydrogens (tertiary/aromatic N) is 5. The van der Waals surface area contributed by atoms with Crippen molar-refractivity contribution in [3.8, 4) is 17.3 Å². The van der Waals surface area contributed by atoms with Crippen LogP contribution in [-0.2, 0) is 17.8 Å². The van der Waals surface area contributed by atoms with Crippen LogP contribution < -0.4 is 0 Å². The van der Waals surface area contributed by atoms with Gasteiger partial charge in [0.2, 0.25) is 0 Å². The van der Waals surface area contributed by atoms with Crippen LogP contribution in [0.2, 0.25) is 0 Å². The van der Waals surface area contributed by atoms with Gasteiger partial charge in [-0.3, -0.25) is 9.78 Å². The Bertz CT molecular complexity index is 1700. The summed E-state index contributed by atoms with van der Waals surface area (Å²) in [4.78, 5) is 40.0. The summed E-state index contributed by atoms with van der Waals surface area (Å²) in [6.45, 7) is 5.35. The van der Waals surface area contributed by atoms with Crippen LogP contribution in [0.5, 0.6) is 0 Å². The van der Waals surface area contributed by atoms with Crippen molar-refractivity contribution in [3.63, 3.8) is 0 Å². The molecule has 0 saturated carbocycles. The number of carbonyl (C=O) groups excluding carboxylic acids is 2. The third kappa shape index (κ3) is 7.03. The minimum Gasteiger partial charge on any atom is -0.445 e. The first-order chi connectivity index (χ1) is 21.2. The SMILES string of the molecule is CC(C)CCc1cnc2ccc(-c3cc(F)cc(C#N)c3)nc2c1C(=O)N(C)C[C@@H]1CCCN1C(=O)OCc1ccccc1. The van der Waals surface area contributed by atoms with Crippen LogP contribution in [0.4, 0.5) is 9.18 Å². The smallest absolute Gasteiger partial charge is 0.410 e. The third-order valence-corrected chi connectivity index (χ3v) is 7.97. The molecule has 0 N–H and O–H groups in total. The molecule has 0 unspecified atom stereocenters. The summed E-state index contributed by atoms with van der Waals surface area (Å²) in [5, 5.41) is 9.35. The molecule has 0 spiro atoms. The maximum Gasteiger partial charge on any atom is 0.410 e. The number of carbonyl (C=O) groups is 2. The number of halogens is 1. The van der Waals surface area contributed by atoms with E-state index in [0.717, 1.165) is 30.4 Å². The van der Waals surface area contributed by atoms with Gasteiger partial charge >= 0.3 is 6.09 Å². The molecule has 1 saturated heterocycles. The highest BCUT2D eigenvalue weighted by atomic mass is 19.1. The Hall–Kier alpha value is -4.84. The Balaban J connectivity index is 1.43. The number of hydrogen-bond donors (Lipinski definition) is 0. The zero-order valence-electron chi connectivity index (χ0n) is 25.3. The van der Waals surface area contributed by atoms with E-state index in [-0.39, 0.29) is 30.2 Å². The second-order valence-corrected chi connectivity index (χ2v) is 11.7. The van der Waals surface area contributed by atoms with E-state index in [0.29, 0.717) is 53.3 Å². The van der Waals surface area contributed by atoms with Crippen molar-refractivity contribution in [2.24, 2.45) is 5.92 Å². The Morgan fingerprint density at radius 1 is 1.16 bits per heavy atom. The van der Waals surface area contributed by atoms with E-state index < -0.39 is 5.82 Å². The van der Waals surface area contributed by atoms with Crippen LogP contribution in [0.15, 0.2) is 66.9 Å². The fraction of sp³-hybridized carbons (Fsp3) is 0.343. The molecule has 44 heavy (non-hydrogen) atoms. The van der Waals surface area contributed by atoms with E-state index in [1.165, 1.54) is 12.1 Å². The number of aryl methyl sites for hydroxylation is 1. The van der Waals surface area contributed by atoms with Gasteiger partial charge < -0.3 is 14.5 Å². The van der Waals surface area contributed by atoms with E-state index >= 15 is 0 Å². The average molecular weight is 594 g/mol. The predicted molar refractivity (Wildman–Crippen MR) is 166 cm³/mol. The quantitative estimate of drug-likeness (QED) is 0.212. The molecule has 2 amide bonds. The number of rotatable bonds is 9. The van der Waals surface area contributed by atoms with Gasteiger partial charge in [-0.05, 0) is 73.1 Å². The fourth-order valence-electron chi connectivity index (χ4n) is 5.60. The molecule has 9 heteroatoms. The van der Waals surface area contributed by atoms with E-state index in [1.54, 1.807) is 41.2 Å². The maximum atomic E-state index is 14.3. The van der Waals surface area contributed by atoms with Crippen molar-refractivity contribution in [3.05, 3.63) is 94.9 Å². The van der Waals surface area contributed by atoms with Gasteiger partial charge in [-0.25, -0.2) is 14.2 Å². The number of pyridine rings is 2. The number of benzene rings is 2. The molecule has 0 bridgehead atoms. The Labute approximate surface area is 257 Å². The first-order valence-corrected chi connectivity index (χ1v) is 15.0. The number of fused-ring (bicyclic) bond motifs is 1. The van der Waals surface area contributed by atoms with Gasteiger partial charge in [0.1, 0.15) is 17.9 Å². The average Bonchev–Trinajstić information content (AvgIpc) is 3.49. The molecule has 4 aromatic rings. The van der Waals surface area contributed by atoms with Crippen LogP contribution >= 0.6 is 0 Å². The maximum absolute atomic E-state index is 14.3. The number of amides is 2. The van der Waals surface area contributed by atoms with Gasteiger partial charge in [-0.2, -0.15) is 5.26 Å². The van der Waals surface area contributed by atoms with Crippen LogP contribution in [-0.4, -0.2) is 57.9 Å². The number of nitriles is 1. The van der Waals surface area contributed by atoms with E-state index in [9.17, 15) is 19.2 Å². The monoisotopic (exact) mass is 593 g/mol. The Kier molecular flexibility index (Phi) is 9.49. The van der Waals surface area contributed by atoms with E-state index in [1.807, 2.05) is 36.4 Å². The molecule has 2 aromatic heterocycles. The van der Waals surface area contributed by atoms with Gasteiger partial charge in [-0.15, -0.1) is 0 Å². The summed E-state index contributed by atoms with van der Waals surface area (Å²) >= 11 is 0. The molecule has 0 aliphatic carbocycles. The number of ether oxygens (including phenoxy) is 1. The van der Waals surface area contributed by atoms with Crippen molar-refractivity contribution in [2.75, 3.05) is 20.1 Å². The highest BCUT2D eigenvalue weighted by Gasteiger charge is 2.32. The van der Waals surface area contributed by atoms with Gasteiger partial charge in [0, 0.05) is 31.9 Å². The standard InChI is InChI=1S/C35H36FN5O3/c1-23(2)11-12-26-20-38-31-14-13-30(27-16-25(19-37)17-28(36)18-27)39-33(31)32(26)34(42)40(3)21-29-10-7-15-41(29)35(43)44-22-24-8-5-4-6-9-24/h4-6,8-9,13-14,16-18,20,23,29H,7,10-12,15,21-22H2,1-3H3/t29-/m0/s1. The lowest BCUT2D eigenvalue weighted by Gasteiger charge is -2.29. The predicted octanol–water partition coefficient (Wildman–Crippen LogP) is 6.77. The van der Waals surface area contributed by atoms with Crippen molar-refractivity contribution in [1.82, 2.24) is 19.8 Å². The summed E-state index contributed by atoms with van der Waals surface area (Å²) in [6, 6.07) is 18.9. The lowest BCUT2D eigenvalue weighted by Crippen LogP contribution is -2.44. The van der Waals surface area contributed by atoms with Crippen molar-refractivity contribution in [1.29, 1.82) is 5.26 Å². The van der Waals surface area contributed by atoms with Gasteiger partial charge in [0.05, 0.1) is 34.4 Å². The third-order valence-electron chi connectivity index (χ3n) is 7.97. The first-order valence-electron chi connectivity index (χ1n) is 15.0. The van der Waals surface area contributed by atoms with Crippen molar-refractivity contribution >= 4 is 23.0 Å². The van der Waals surface area contributed by atoms with Crippen LogP contribution in [0.25, 0.3) is 22.3 Å². The second-order valence-electron chi connectivity index (χ2n) is 11.7. The van der Waals surface area contributed by atoms with Crippen molar-refractivity contribution < 1.29 is 18.7 Å². The number of hydrogen-bond acceptors (Lipinski definition) is 6. The second kappa shape index (κ2) is 13.6. The fourth-order valence-corrected chi connectivity index (χ4v) is 5.60. The van der Waals surface area contributed by atoms with Crippen LogP contribution in [0.3, 0.4) is 0 Å². The molecule has 1 aliphatic heterocycles. The largest absolute Gasteiger partial charge is 0.445 e. The molecule has 1 atom stereocenters. The molecule has 1 fully saturated rings. The molecule has 226 valence electrons. The Morgan fingerprint density at radius 2 is 1.95 bits per heavy atom. The van der Waals surface area contributed by atoms with Crippen molar-refractivity contribution in [2.45, 2.75) is 52.2 Å². The molecule has 0 radical (unpaired) electrons. The van der Waals surface area contributed by atoms with Crippen LogP contribution in [0, 0.1) is 23.1 Å². The van der Waals surface area contributed by atoms with E-state index in [2.05, 4.69) is 18.8 Å². The van der Waals surface area contributed by atoms with Gasteiger partial charge in [-0.1, -0.05) is 44.2 Å². The zero-order valence-corrected chi connectivity index (χ0v) is 25.3. The van der Waals surface area contributed by atoms with Gasteiger partial charge in [0.15, 0.2) is 0 Å². The lowest BCUT2D eigenvalue weighted by molar-refractivity contribution is 0.0691. The molecule has 8 nitrogen and oxygen atoms in total. The highest BCUT2D eigenvalue weighted by Crippen LogP contribution is 2.28. The highest BCUT2D eigenvalue weighted by molar-refractivity contribution is 6.06. The van der Waals surface area contributed by atoms with E-state index in [4.69, 9.17) is 9.72 Å². The minimum absolute atomic E-state index is 0.181. The topological polar surface area (TPSA) is 99.4 Å². The summed E-state index contributed by atoms with van der Waals surface area (Å²) in [5.41, 5.74) is 4.19. The number of likely N-dealkylation sites (N-methyl/N-ethyl adjacent to an activating group) is 1. The molecule has 2 aromatic carbocycles. The first kappa shape index (κ1) is 30.6. The molecular weight excluding hydrogens is 557 g/mol. The summed E-state index contributed by atoms with van der Waals surface area (Å²) in [7, 11) is 1.74.